The first-order valence-electron chi connectivity index (χ1n) is 9.93. The summed E-state index contributed by atoms with van der Waals surface area (Å²) in [4.78, 5) is 21.0. The number of carbonyl (C=O) groups excluding carboxylic acids is 1. The highest BCUT2D eigenvalue weighted by Crippen LogP contribution is 2.41. The van der Waals surface area contributed by atoms with Crippen LogP contribution in [0.4, 0.5) is 11.4 Å². The zero-order chi connectivity index (χ0) is 20.5. The number of fused-ring (bicyclic) bond motifs is 1. The first-order valence-corrected chi connectivity index (χ1v) is 12.6. The summed E-state index contributed by atoms with van der Waals surface area (Å²) >= 11 is 1.43. The van der Waals surface area contributed by atoms with Crippen molar-refractivity contribution in [3.8, 4) is 0 Å². The smallest absolute Gasteiger partial charge is 0.250 e. The molecule has 154 valence electrons. The Bertz CT molecular complexity index is 848. The molecule has 0 bridgehead atoms. The Labute approximate surface area is 172 Å². The second-order valence-corrected chi connectivity index (χ2v) is 10.8. The van der Waals surface area contributed by atoms with Gasteiger partial charge in [-0.25, -0.2) is 8.42 Å². The highest BCUT2D eigenvalue weighted by Gasteiger charge is 2.49. The predicted molar refractivity (Wildman–Crippen MR) is 118 cm³/mol. The lowest BCUT2D eigenvalue weighted by molar-refractivity contribution is -0.121. The van der Waals surface area contributed by atoms with E-state index in [-0.39, 0.29) is 34.6 Å². The van der Waals surface area contributed by atoms with Gasteiger partial charge in [-0.1, -0.05) is 25.6 Å². The number of sulfone groups is 1. The lowest BCUT2D eigenvalue weighted by atomic mass is 10.1. The van der Waals surface area contributed by atoms with E-state index in [4.69, 9.17) is 0 Å². The molecule has 3 unspecified atom stereocenters. The van der Waals surface area contributed by atoms with Crippen LogP contribution in [0.2, 0.25) is 0 Å². The van der Waals surface area contributed by atoms with Crippen LogP contribution in [0.1, 0.15) is 34.1 Å². The average molecular weight is 424 g/mol. The maximum atomic E-state index is 12.4. The summed E-state index contributed by atoms with van der Waals surface area (Å²) in [7, 11) is -3.06. The van der Waals surface area contributed by atoms with Crippen molar-refractivity contribution in [3.63, 3.8) is 0 Å². The number of benzene rings is 1. The fourth-order valence-corrected chi connectivity index (χ4v) is 7.58. The van der Waals surface area contributed by atoms with E-state index >= 15 is 0 Å². The lowest BCUT2D eigenvalue weighted by Gasteiger charge is -2.26. The Morgan fingerprint density at radius 1 is 1.21 bits per heavy atom. The standard InChI is InChI=1S/C20H29N3O3S2/c1-5-14(4)19(24)21-20-23(17-12-28(25,26)13-18(17)27-20)16-10-8-15(9-11-16)22(6-2)7-3/h8-11,14,17-18H,5-7,12-13H2,1-4H3. The first-order chi connectivity index (χ1) is 13.3. The van der Waals surface area contributed by atoms with Gasteiger partial charge in [-0.3, -0.25) is 4.79 Å². The molecule has 1 aromatic carbocycles. The summed E-state index contributed by atoms with van der Waals surface area (Å²) in [6.07, 6.45) is 0.736. The van der Waals surface area contributed by atoms with E-state index in [1.165, 1.54) is 11.8 Å². The topological polar surface area (TPSA) is 70.0 Å². The van der Waals surface area contributed by atoms with E-state index in [1.807, 2.05) is 30.9 Å². The van der Waals surface area contributed by atoms with Crippen LogP contribution in [0.25, 0.3) is 0 Å². The van der Waals surface area contributed by atoms with Crippen LogP contribution >= 0.6 is 11.8 Å². The summed E-state index contributed by atoms with van der Waals surface area (Å²) in [6.45, 7) is 9.93. The Morgan fingerprint density at radius 2 is 1.86 bits per heavy atom. The van der Waals surface area contributed by atoms with Crippen molar-refractivity contribution in [2.75, 3.05) is 34.4 Å². The largest absolute Gasteiger partial charge is 0.372 e. The number of hydrogen-bond acceptors (Lipinski definition) is 5. The third kappa shape index (κ3) is 4.22. The molecule has 28 heavy (non-hydrogen) atoms. The van der Waals surface area contributed by atoms with Crippen LogP contribution in [0, 0.1) is 5.92 Å². The maximum Gasteiger partial charge on any atom is 0.250 e. The molecule has 3 atom stereocenters. The minimum atomic E-state index is -3.06. The number of thioether (sulfide) groups is 1. The van der Waals surface area contributed by atoms with Gasteiger partial charge in [0.2, 0.25) is 0 Å². The molecule has 0 spiro atoms. The number of aliphatic imine (C=N–C) groups is 1. The number of anilines is 2. The van der Waals surface area contributed by atoms with Crippen molar-refractivity contribution in [1.82, 2.24) is 0 Å². The van der Waals surface area contributed by atoms with E-state index < -0.39 is 9.84 Å². The SMILES string of the molecule is CCC(C)C(=O)N=C1SC2CS(=O)(=O)CC2N1c1ccc(N(CC)CC)cc1. The predicted octanol–water partition coefficient (Wildman–Crippen LogP) is 3.18. The van der Waals surface area contributed by atoms with Crippen LogP contribution in [0.5, 0.6) is 0 Å². The Hall–Kier alpha value is -1.54. The van der Waals surface area contributed by atoms with E-state index in [9.17, 15) is 13.2 Å². The second-order valence-electron chi connectivity index (χ2n) is 7.40. The molecule has 1 aromatic rings. The summed E-state index contributed by atoms with van der Waals surface area (Å²) < 4.78 is 24.3. The van der Waals surface area contributed by atoms with Gasteiger partial charge in [-0.2, -0.15) is 4.99 Å². The molecule has 6 nitrogen and oxygen atoms in total. The van der Waals surface area contributed by atoms with Crippen LogP contribution in [-0.4, -0.2) is 55.4 Å². The molecule has 0 aromatic heterocycles. The third-order valence-corrected chi connectivity index (χ3v) is 8.77. The number of rotatable bonds is 6. The molecule has 0 radical (unpaired) electrons. The van der Waals surface area contributed by atoms with Crippen molar-refractivity contribution in [2.24, 2.45) is 10.9 Å². The van der Waals surface area contributed by atoms with Crippen LogP contribution in [0.3, 0.4) is 0 Å². The van der Waals surface area contributed by atoms with Gasteiger partial charge in [0.15, 0.2) is 15.0 Å². The molecule has 2 saturated heterocycles. The number of amides is 1. The van der Waals surface area contributed by atoms with Crippen molar-refractivity contribution in [2.45, 2.75) is 45.4 Å². The van der Waals surface area contributed by atoms with Gasteiger partial charge >= 0.3 is 0 Å². The van der Waals surface area contributed by atoms with Gasteiger partial charge in [0.25, 0.3) is 5.91 Å². The lowest BCUT2D eigenvalue weighted by Crippen LogP contribution is -2.38. The van der Waals surface area contributed by atoms with Crippen molar-refractivity contribution >= 4 is 44.0 Å². The van der Waals surface area contributed by atoms with Crippen LogP contribution in [0.15, 0.2) is 29.3 Å². The minimum absolute atomic E-state index is 0.0732. The monoisotopic (exact) mass is 423 g/mol. The maximum absolute atomic E-state index is 12.4. The van der Waals surface area contributed by atoms with Gasteiger partial charge < -0.3 is 9.80 Å². The highest BCUT2D eigenvalue weighted by molar-refractivity contribution is 8.16. The van der Waals surface area contributed by atoms with Gasteiger partial charge in [-0.05, 0) is 44.5 Å². The zero-order valence-corrected chi connectivity index (χ0v) is 18.6. The summed E-state index contributed by atoms with van der Waals surface area (Å²) in [6, 6.07) is 7.95. The molecule has 2 heterocycles. The van der Waals surface area contributed by atoms with Crippen molar-refractivity contribution in [1.29, 1.82) is 0 Å². The van der Waals surface area contributed by atoms with Gasteiger partial charge in [-0.15, -0.1) is 0 Å². The van der Waals surface area contributed by atoms with Crippen LogP contribution in [-0.2, 0) is 14.6 Å². The molecule has 0 saturated carbocycles. The summed E-state index contributed by atoms with van der Waals surface area (Å²) in [5, 5.41) is 0.557. The fraction of sp³-hybridized carbons (Fsp3) is 0.600. The van der Waals surface area contributed by atoms with Crippen molar-refractivity contribution < 1.29 is 13.2 Å². The van der Waals surface area contributed by atoms with E-state index in [0.717, 1.165) is 30.9 Å². The van der Waals surface area contributed by atoms with Gasteiger partial charge in [0.1, 0.15) is 0 Å². The molecule has 2 fully saturated rings. The normalized spacial score (nSPS) is 25.7. The molecule has 1 amide bonds. The number of carbonyl (C=O) groups is 1. The van der Waals surface area contributed by atoms with E-state index in [2.05, 4.69) is 35.9 Å². The molecule has 0 N–H and O–H groups in total. The second kappa shape index (κ2) is 8.45. The Morgan fingerprint density at radius 3 is 2.43 bits per heavy atom. The van der Waals surface area contributed by atoms with Gasteiger partial charge in [0.05, 0.1) is 17.5 Å². The number of nitrogens with zero attached hydrogens (tertiary/aromatic N) is 3. The third-order valence-electron chi connectivity index (χ3n) is 5.56. The summed E-state index contributed by atoms with van der Waals surface area (Å²) in [5.41, 5.74) is 2.02. The fourth-order valence-electron chi connectivity index (χ4n) is 3.66. The average Bonchev–Trinajstić information content (AvgIpc) is 3.13. The summed E-state index contributed by atoms with van der Waals surface area (Å²) in [5.74, 6) is -0.0203. The van der Waals surface area contributed by atoms with Crippen LogP contribution < -0.4 is 9.80 Å². The molecule has 2 aliphatic rings. The molecular weight excluding hydrogens is 394 g/mol. The molecule has 3 rings (SSSR count). The molecule has 8 heteroatoms. The van der Waals surface area contributed by atoms with Gasteiger partial charge in [0, 0.05) is 35.6 Å². The Kier molecular flexibility index (Phi) is 6.39. The molecular formula is C20H29N3O3S2. The van der Waals surface area contributed by atoms with Crippen molar-refractivity contribution in [3.05, 3.63) is 24.3 Å². The molecule has 0 aliphatic carbocycles. The Balaban J connectivity index is 1.95. The van der Waals surface area contributed by atoms with E-state index in [0.29, 0.717) is 5.17 Å². The number of hydrogen-bond donors (Lipinski definition) is 0. The quantitative estimate of drug-likeness (QED) is 0.700. The zero-order valence-electron chi connectivity index (χ0n) is 17.0. The minimum Gasteiger partial charge on any atom is -0.372 e. The first kappa shape index (κ1) is 21.2. The van der Waals surface area contributed by atoms with E-state index in [1.54, 1.807) is 0 Å². The molecule has 2 aliphatic heterocycles. The number of amidine groups is 1. The highest BCUT2D eigenvalue weighted by atomic mass is 32.2.